The van der Waals surface area contributed by atoms with Gasteiger partial charge in [0.15, 0.2) is 0 Å². The summed E-state index contributed by atoms with van der Waals surface area (Å²) < 4.78 is 58.7. The van der Waals surface area contributed by atoms with Gasteiger partial charge in [-0.25, -0.2) is 21.1 Å². The summed E-state index contributed by atoms with van der Waals surface area (Å²) in [6, 6.07) is 7.06. The van der Waals surface area contributed by atoms with Crippen LogP contribution in [0.25, 0.3) is 0 Å². The molecule has 0 radical (unpaired) electrons. The van der Waals surface area contributed by atoms with Gasteiger partial charge < -0.3 is 4.74 Å². The Morgan fingerprint density at radius 2 is 1.83 bits per heavy atom. The van der Waals surface area contributed by atoms with Crippen LogP contribution in [-0.2, 0) is 24.8 Å². The topological polar surface area (TPSA) is 110 Å². The van der Waals surface area contributed by atoms with E-state index in [9.17, 15) is 21.6 Å². The van der Waals surface area contributed by atoms with Gasteiger partial charge in [-0.2, -0.15) is 0 Å². The highest BCUT2D eigenvalue weighted by molar-refractivity contribution is 7.94. The molecule has 1 amide bonds. The van der Waals surface area contributed by atoms with Crippen molar-refractivity contribution in [1.82, 2.24) is 0 Å². The molecule has 8 nitrogen and oxygen atoms in total. The van der Waals surface area contributed by atoms with Gasteiger partial charge in [0.25, 0.3) is 10.0 Å². The minimum Gasteiger partial charge on any atom is -0.495 e. The quantitative estimate of drug-likeness (QED) is 0.737. The van der Waals surface area contributed by atoms with Crippen LogP contribution in [0.15, 0.2) is 35.2 Å². The van der Waals surface area contributed by atoms with Crippen molar-refractivity contribution in [2.24, 2.45) is 0 Å². The normalized spacial score (nSPS) is 16.1. The van der Waals surface area contributed by atoms with Gasteiger partial charge in [0.2, 0.25) is 15.9 Å². The molecule has 0 saturated carbocycles. The van der Waals surface area contributed by atoms with E-state index in [4.69, 9.17) is 16.3 Å². The summed E-state index contributed by atoms with van der Waals surface area (Å²) in [4.78, 5) is 11.9. The smallest absolute Gasteiger partial charge is 0.262 e. The second-order valence-corrected chi connectivity index (χ2v) is 10.6. The Kier molecular flexibility index (Phi) is 5.54. The maximum Gasteiger partial charge on any atom is 0.262 e. The molecule has 0 aliphatic carbocycles. The molecule has 156 valence electrons. The number of halogens is 1. The third-order valence-corrected chi connectivity index (χ3v) is 8.10. The number of nitrogens with one attached hydrogen (secondary N) is 1. The molecule has 1 aliphatic rings. The molecule has 11 heteroatoms. The molecule has 2 aromatic rings. The Hall–Kier alpha value is -2.30. The molecule has 1 saturated heterocycles. The number of anilines is 2. The fourth-order valence-corrected chi connectivity index (χ4v) is 5.92. The van der Waals surface area contributed by atoms with Crippen LogP contribution in [0.5, 0.6) is 5.75 Å². The standard InChI is InChI=1S/C18H19ClN2O6S2/c1-11-4-5-13(21-18(22)6-7-28(21,23)24)9-17(11)29(25,26)20-15-8-12(2)14(19)10-16(15)27-3/h4-5,8-10,20H,6-7H2,1-3H3. The first-order chi connectivity index (χ1) is 13.5. The van der Waals surface area contributed by atoms with Crippen molar-refractivity contribution >= 4 is 48.9 Å². The SMILES string of the molecule is COc1cc(Cl)c(C)cc1NS(=O)(=O)c1cc(N2C(=O)CCS2(=O)=O)ccc1C. The fraction of sp³-hybridized carbons (Fsp3) is 0.278. The van der Waals surface area contributed by atoms with Crippen LogP contribution in [0, 0.1) is 13.8 Å². The van der Waals surface area contributed by atoms with Gasteiger partial charge in [-0.05, 0) is 43.2 Å². The number of ether oxygens (including phenoxy) is 1. The highest BCUT2D eigenvalue weighted by Crippen LogP contribution is 2.34. The Morgan fingerprint density at radius 1 is 1.14 bits per heavy atom. The second-order valence-electron chi connectivity index (χ2n) is 6.58. The van der Waals surface area contributed by atoms with Crippen molar-refractivity contribution in [1.29, 1.82) is 0 Å². The van der Waals surface area contributed by atoms with Crippen LogP contribution < -0.4 is 13.8 Å². The summed E-state index contributed by atoms with van der Waals surface area (Å²) >= 11 is 6.06. The minimum atomic E-state index is -4.12. The van der Waals surface area contributed by atoms with E-state index in [2.05, 4.69) is 4.72 Å². The summed E-state index contributed by atoms with van der Waals surface area (Å²) in [5.74, 6) is -0.670. The Balaban J connectivity index is 2.07. The average molecular weight is 459 g/mol. The fourth-order valence-electron chi connectivity index (χ4n) is 2.99. The Bertz CT molecular complexity index is 1210. The maximum atomic E-state index is 13.0. The molecular formula is C18H19ClN2O6S2. The molecule has 1 N–H and O–H groups in total. The molecule has 0 spiro atoms. The molecule has 0 bridgehead atoms. The number of hydrogen-bond acceptors (Lipinski definition) is 6. The number of hydrogen-bond donors (Lipinski definition) is 1. The first kappa shape index (κ1) is 21.4. The van der Waals surface area contributed by atoms with Crippen LogP contribution in [0.3, 0.4) is 0 Å². The lowest BCUT2D eigenvalue weighted by Crippen LogP contribution is -2.29. The van der Waals surface area contributed by atoms with Crippen LogP contribution in [0.2, 0.25) is 5.02 Å². The van der Waals surface area contributed by atoms with Gasteiger partial charge in [-0.1, -0.05) is 17.7 Å². The highest BCUT2D eigenvalue weighted by Gasteiger charge is 2.37. The molecule has 3 rings (SSSR count). The first-order valence-electron chi connectivity index (χ1n) is 8.50. The van der Waals surface area contributed by atoms with Gasteiger partial charge in [0.1, 0.15) is 5.75 Å². The minimum absolute atomic E-state index is 0.0160. The van der Waals surface area contributed by atoms with E-state index in [0.717, 1.165) is 0 Å². The van der Waals surface area contributed by atoms with E-state index in [-0.39, 0.29) is 34.2 Å². The van der Waals surface area contributed by atoms with E-state index in [1.54, 1.807) is 13.8 Å². The average Bonchev–Trinajstić information content (AvgIpc) is 2.91. The third-order valence-electron chi connectivity index (χ3n) is 4.50. The molecule has 1 heterocycles. The summed E-state index contributed by atoms with van der Waals surface area (Å²) in [6.07, 6.45) is -0.141. The van der Waals surface area contributed by atoms with Crippen molar-refractivity contribution in [3.8, 4) is 5.75 Å². The number of sulfonamides is 2. The zero-order chi connectivity index (χ0) is 21.6. The van der Waals surface area contributed by atoms with Crippen molar-refractivity contribution in [3.63, 3.8) is 0 Å². The number of carbonyl (C=O) groups excluding carboxylic acids is 1. The van der Waals surface area contributed by atoms with Gasteiger partial charge in [-0.3, -0.25) is 9.52 Å². The molecule has 0 atom stereocenters. The lowest BCUT2D eigenvalue weighted by molar-refractivity contribution is -0.116. The van der Waals surface area contributed by atoms with E-state index in [1.165, 1.54) is 37.4 Å². The summed E-state index contributed by atoms with van der Waals surface area (Å²) in [6.45, 7) is 3.29. The van der Waals surface area contributed by atoms with Crippen molar-refractivity contribution in [3.05, 3.63) is 46.5 Å². The lowest BCUT2D eigenvalue weighted by Gasteiger charge is -2.18. The van der Waals surface area contributed by atoms with Crippen molar-refractivity contribution in [2.45, 2.75) is 25.2 Å². The number of nitrogens with zero attached hydrogens (tertiary/aromatic N) is 1. The zero-order valence-corrected chi connectivity index (χ0v) is 18.3. The first-order valence-corrected chi connectivity index (χ1v) is 12.0. The maximum absolute atomic E-state index is 13.0. The number of rotatable bonds is 5. The van der Waals surface area contributed by atoms with E-state index >= 15 is 0 Å². The molecule has 0 unspecified atom stereocenters. The summed E-state index contributed by atoms with van der Waals surface area (Å²) in [5.41, 5.74) is 1.20. The number of benzene rings is 2. The van der Waals surface area contributed by atoms with Gasteiger partial charge >= 0.3 is 0 Å². The van der Waals surface area contributed by atoms with E-state index < -0.39 is 26.0 Å². The Morgan fingerprint density at radius 3 is 2.41 bits per heavy atom. The van der Waals surface area contributed by atoms with Crippen LogP contribution in [-0.4, -0.2) is 35.6 Å². The van der Waals surface area contributed by atoms with Gasteiger partial charge in [0.05, 0.1) is 29.1 Å². The highest BCUT2D eigenvalue weighted by atomic mass is 35.5. The lowest BCUT2D eigenvalue weighted by atomic mass is 10.2. The largest absolute Gasteiger partial charge is 0.495 e. The van der Waals surface area contributed by atoms with Crippen molar-refractivity contribution in [2.75, 3.05) is 21.9 Å². The molecule has 2 aromatic carbocycles. The monoisotopic (exact) mass is 458 g/mol. The van der Waals surface area contributed by atoms with Crippen molar-refractivity contribution < 1.29 is 26.4 Å². The predicted molar refractivity (Wildman–Crippen MR) is 111 cm³/mol. The van der Waals surface area contributed by atoms with Crippen LogP contribution in [0.4, 0.5) is 11.4 Å². The number of methoxy groups -OCH3 is 1. The Labute approximate surface area is 174 Å². The number of amides is 1. The van der Waals surface area contributed by atoms with Crippen LogP contribution in [0.1, 0.15) is 17.5 Å². The van der Waals surface area contributed by atoms with Gasteiger partial charge in [0, 0.05) is 17.5 Å². The zero-order valence-electron chi connectivity index (χ0n) is 15.9. The molecular weight excluding hydrogens is 440 g/mol. The molecule has 29 heavy (non-hydrogen) atoms. The number of carbonyl (C=O) groups is 1. The third kappa shape index (κ3) is 4.05. The molecule has 1 aliphatic heterocycles. The van der Waals surface area contributed by atoms with E-state index in [0.29, 0.717) is 20.5 Å². The summed E-state index contributed by atoms with van der Waals surface area (Å²) in [7, 11) is -6.55. The second kappa shape index (κ2) is 7.51. The molecule has 0 aromatic heterocycles. The van der Waals surface area contributed by atoms with Crippen LogP contribution >= 0.6 is 11.6 Å². The summed E-state index contributed by atoms with van der Waals surface area (Å²) in [5, 5.41) is 0.417. The molecule has 1 fully saturated rings. The number of aryl methyl sites for hydroxylation is 2. The predicted octanol–water partition coefficient (Wildman–Crippen LogP) is 2.83. The van der Waals surface area contributed by atoms with Gasteiger partial charge in [-0.15, -0.1) is 0 Å². The van der Waals surface area contributed by atoms with E-state index in [1.807, 2.05) is 0 Å².